The van der Waals surface area contributed by atoms with E-state index in [1.165, 1.54) is 18.2 Å². The lowest BCUT2D eigenvalue weighted by Crippen LogP contribution is -2.48. The molecule has 1 aromatic carbocycles. The number of halogens is 1. The van der Waals surface area contributed by atoms with Gasteiger partial charge in [-0.05, 0) is 25.5 Å². The van der Waals surface area contributed by atoms with Gasteiger partial charge < -0.3 is 16.0 Å². The summed E-state index contributed by atoms with van der Waals surface area (Å²) < 4.78 is 0. The number of benzene rings is 1. The summed E-state index contributed by atoms with van der Waals surface area (Å²) in [5.74, 6) is -1.10. The molecule has 3 N–H and O–H groups in total. The third-order valence-electron chi connectivity index (χ3n) is 3.49. The average molecular weight is 341 g/mol. The Morgan fingerprint density at radius 1 is 1.43 bits per heavy atom. The van der Waals surface area contributed by atoms with Gasteiger partial charge in [0, 0.05) is 18.7 Å². The van der Waals surface area contributed by atoms with Crippen LogP contribution < -0.4 is 16.0 Å². The van der Waals surface area contributed by atoms with Crippen molar-refractivity contribution < 1.29 is 14.5 Å². The molecule has 9 heteroatoms. The number of rotatable bonds is 5. The number of nitrogens with zero attached hydrogens (tertiary/aromatic N) is 1. The summed E-state index contributed by atoms with van der Waals surface area (Å²) in [4.78, 5) is 34.2. The molecule has 2 amide bonds. The molecule has 0 saturated carbocycles. The van der Waals surface area contributed by atoms with Crippen molar-refractivity contribution in [2.75, 3.05) is 19.6 Å². The lowest BCUT2D eigenvalue weighted by atomic mass is 10.1. The molecule has 1 fully saturated rings. The quantitative estimate of drug-likeness (QED) is 0.543. The maximum Gasteiger partial charge on any atom is 0.283 e. The van der Waals surface area contributed by atoms with Crippen molar-refractivity contribution in [1.82, 2.24) is 16.0 Å². The molecule has 0 aliphatic carbocycles. The van der Waals surface area contributed by atoms with Crippen molar-refractivity contribution >= 4 is 29.1 Å². The smallest absolute Gasteiger partial charge is 0.283 e. The average Bonchev–Trinajstić information content (AvgIpc) is 2.53. The van der Waals surface area contributed by atoms with Crippen LogP contribution >= 0.6 is 11.6 Å². The predicted molar refractivity (Wildman–Crippen MR) is 84.5 cm³/mol. The number of nitrogens with one attached hydrogen (secondary N) is 3. The van der Waals surface area contributed by atoms with Crippen LogP contribution in [0.1, 0.15) is 23.2 Å². The Labute approximate surface area is 137 Å². The van der Waals surface area contributed by atoms with Crippen molar-refractivity contribution in [1.29, 1.82) is 0 Å². The summed E-state index contributed by atoms with van der Waals surface area (Å²) >= 11 is 5.87. The van der Waals surface area contributed by atoms with Crippen LogP contribution in [0.15, 0.2) is 18.2 Å². The van der Waals surface area contributed by atoms with E-state index in [4.69, 9.17) is 11.6 Å². The molecule has 23 heavy (non-hydrogen) atoms. The van der Waals surface area contributed by atoms with E-state index in [0.717, 1.165) is 19.4 Å². The Balaban J connectivity index is 1.94. The second kappa shape index (κ2) is 7.89. The first-order valence-corrected chi connectivity index (χ1v) is 7.58. The summed E-state index contributed by atoms with van der Waals surface area (Å²) in [7, 11) is 0. The van der Waals surface area contributed by atoms with Gasteiger partial charge in [0.25, 0.3) is 11.6 Å². The van der Waals surface area contributed by atoms with Crippen LogP contribution in [0, 0.1) is 10.1 Å². The molecule has 1 aliphatic rings. The highest BCUT2D eigenvalue weighted by Crippen LogP contribution is 2.25. The largest absolute Gasteiger partial charge is 0.351 e. The Hall–Kier alpha value is -2.19. The van der Waals surface area contributed by atoms with Gasteiger partial charge in [-0.3, -0.25) is 19.7 Å². The number of carbonyl (C=O) groups excluding carboxylic acids is 2. The van der Waals surface area contributed by atoms with Crippen molar-refractivity contribution in [2.24, 2.45) is 0 Å². The molecular weight excluding hydrogens is 324 g/mol. The Bertz CT molecular complexity index is 617. The van der Waals surface area contributed by atoms with E-state index in [1.807, 2.05) is 0 Å². The lowest BCUT2D eigenvalue weighted by Gasteiger charge is -2.23. The zero-order valence-corrected chi connectivity index (χ0v) is 13.1. The summed E-state index contributed by atoms with van der Waals surface area (Å²) in [6.07, 6.45) is 1.85. The van der Waals surface area contributed by atoms with Gasteiger partial charge in [-0.15, -0.1) is 0 Å². The van der Waals surface area contributed by atoms with E-state index in [9.17, 15) is 19.7 Å². The van der Waals surface area contributed by atoms with E-state index < -0.39 is 16.5 Å². The molecule has 0 aromatic heterocycles. The number of carbonyl (C=O) groups is 2. The third kappa shape index (κ3) is 4.64. The van der Waals surface area contributed by atoms with Crippen LogP contribution in [-0.2, 0) is 4.79 Å². The van der Waals surface area contributed by atoms with Gasteiger partial charge in [0.1, 0.15) is 5.56 Å². The van der Waals surface area contributed by atoms with Crippen LogP contribution in [0.5, 0.6) is 0 Å². The molecule has 0 bridgehead atoms. The molecule has 0 spiro atoms. The topological polar surface area (TPSA) is 113 Å². The summed E-state index contributed by atoms with van der Waals surface area (Å²) in [6.45, 7) is 1.35. The van der Waals surface area contributed by atoms with Crippen molar-refractivity contribution in [3.63, 3.8) is 0 Å². The molecule has 1 atom stereocenters. The van der Waals surface area contributed by atoms with Gasteiger partial charge in [-0.1, -0.05) is 17.7 Å². The van der Waals surface area contributed by atoms with Gasteiger partial charge in [-0.2, -0.15) is 0 Å². The molecule has 1 saturated heterocycles. The first-order chi connectivity index (χ1) is 11.0. The minimum Gasteiger partial charge on any atom is -0.351 e. The molecular formula is C14H17ClN4O4. The Kier molecular flexibility index (Phi) is 5.89. The predicted octanol–water partition coefficient (Wildman–Crippen LogP) is 0.846. The normalized spacial score (nSPS) is 17.3. The van der Waals surface area contributed by atoms with E-state index in [2.05, 4.69) is 16.0 Å². The lowest BCUT2D eigenvalue weighted by molar-refractivity contribution is -0.385. The van der Waals surface area contributed by atoms with Crippen LogP contribution in [0.3, 0.4) is 0 Å². The van der Waals surface area contributed by atoms with Crippen molar-refractivity contribution in [2.45, 2.75) is 18.9 Å². The fraction of sp³-hybridized carbons (Fsp3) is 0.429. The maximum atomic E-state index is 12.1. The van der Waals surface area contributed by atoms with Crippen LogP contribution in [0.25, 0.3) is 0 Å². The van der Waals surface area contributed by atoms with Gasteiger partial charge in [0.2, 0.25) is 5.91 Å². The zero-order chi connectivity index (χ0) is 16.8. The number of amides is 2. The molecule has 1 heterocycles. The summed E-state index contributed by atoms with van der Waals surface area (Å²) in [6, 6.07) is 3.99. The minimum absolute atomic E-state index is 0.0304. The molecule has 1 aromatic rings. The Morgan fingerprint density at radius 2 is 2.22 bits per heavy atom. The van der Waals surface area contributed by atoms with Crippen LogP contribution in [0.4, 0.5) is 5.69 Å². The molecule has 124 valence electrons. The number of hydrogen-bond acceptors (Lipinski definition) is 5. The standard InChI is InChI=1S/C14H17ClN4O4/c15-10-4-1-5-11(19(22)23)13(10)14(21)17-8-12(20)18-9-3-2-6-16-7-9/h1,4-5,9,16H,2-3,6-8H2,(H,17,21)(H,18,20). The zero-order valence-electron chi connectivity index (χ0n) is 12.3. The molecule has 2 rings (SSSR count). The van der Waals surface area contributed by atoms with E-state index in [1.54, 1.807) is 0 Å². The molecule has 0 radical (unpaired) electrons. The van der Waals surface area contributed by atoms with Crippen LogP contribution in [-0.4, -0.2) is 42.4 Å². The van der Waals surface area contributed by atoms with Crippen molar-refractivity contribution in [3.05, 3.63) is 38.9 Å². The van der Waals surface area contributed by atoms with E-state index >= 15 is 0 Å². The highest BCUT2D eigenvalue weighted by molar-refractivity contribution is 6.34. The summed E-state index contributed by atoms with van der Waals surface area (Å²) in [5, 5.41) is 19.2. The maximum absolute atomic E-state index is 12.1. The van der Waals surface area contributed by atoms with E-state index in [-0.39, 0.29) is 29.1 Å². The number of hydrogen-bond donors (Lipinski definition) is 3. The fourth-order valence-electron chi connectivity index (χ4n) is 2.39. The van der Waals surface area contributed by atoms with Gasteiger partial charge in [0.15, 0.2) is 0 Å². The number of piperidine rings is 1. The number of nitro groups is 1. The second-order valence-electron chi connectivity index (χ2n) is 5.18. The minimum atomic E-state index is -0.751. The fourth-order valence-corrected chi connectivity index (χ4v) is 2.65. The van der Waals surface area contributed by atoms with Gasteiger partial charge in [-0.25, -0.2) is 0 Å². The monoisotopic (exact) mass is 340 g/mol. The van der Waals surface area contributed by atoms with Crippen molar-refractivity contribution in [3.8, 4) is 0 Å². The highest BCUT2D eigenvalue weighted by Gasteiger charge is 2.24. The first kappa shape index (κ1) is 17.2. The van der Waals surface area contributed by atoms with E-state index in [0.29, 0.717) is 6.54 Å². The van der Waals surface area contributed by atoms with Gasteiger partial charge >= 0.3 is 0 Å². The molecule has 8 nitrogen and oxygen atoms in total. The SMILES string of the molecule is O=C(CNC(=O)c1c(Cl)cccc1[N+](=O)[O-])NC1CCCNC1. The van der Waals surface area contributed by atoms with Gasteiger partial charge in [0.05, 0.1) is 16.5 Å². The molecule has 1 aliphatic heterocycles. The third-order valence-corrected chi connectivity index (χ3v) is 3.80. The Morgan fingerprint density at radius 3 is 2.87 bits per heavy atom. The molecule has 1 unspecified atom stereocenters. The second-order valence-corrected chi connectivity index (χ2v) is 5.59. The number of nitro benzene ring substituents is 1. The summed E-state index contributed by atoms with van der Waals surface area (Å²) in [5.41, 5.74) is -0.641. The highest BCUT2D eigenvalue weighted by atomic mass is 35.5. The van der Waals surface area contributed by atoms with Crippen LogP contribution in [0.2, 0.25) is 5.02 Å². The first-order valence-electron chi connectivity index (χ1n) is 7.20.